The maximum absolute atomic E-state index is 12.7. The minimum absolute atomic E-state index is 0.171. The molecule has 47 heavy (non-hydrogen) atoms. The van der Waals surface area contributed by atoms with Crippen molar-refractivity contribution >= 4 is 33.6 Å². The number of ether oxygens (including phenoxy) is 1. The number of benzene rings is 3. The van der Waals surface area contributed by atoms with Gasteiger partial charge in [0.1, 0.15) is 24.0 Å². The smallest absolute Gasteiger partial charge is 0.222 e. The highest BCUT2D eigenvalue weighted by molar-refractivity contribution is 6.07. The third-order valence-corrected chi connectivity index (χ3v) is 8.90. The topological polar surface area (TPSA) is 107 Å². The molecule has 0 saturated heterocycles. The number of carbonyl (C=O) groups is 2. The third-order valence-electron chi connectivity index (χ3n) is 8.90. The molecule has 1 aliphatic rings. The minimum atomic E-state index is 0.171. The van der Waals surface area contributed by atoms with Crippen molar-refractivity contribution in [2.24, 2.45) is 0 Å². The fourth-order valence-corrected chi connectivity index (χ4v) is 6.67. The van der Waals surface area contributed by atoms with Gasteiger partial charge in [-0.3, -0.25) is 9.59 Å². The molecule has 1 aliphatic heterocycles. The van der Waals surface area contributed by atoms with Crippen LogP contribution in [0, 0.1) is 6.92 Å². The molecule has 0 atom stereocenters. The summed E-state index contributed by atoms with van der Waals surface area (Å²) in [6.45, 7) is 13.2. The maximum atomic E-state index is 12.7. The number of amides is 2. The Bertz CT molecular complexity index is 1920. The van der Waals surface area contributed by atoms with E-state index in [-0.39, 0.29) is 11.8 Å². The second-order valence-corrected chi connectivity index (χ2v) is 12.7. The Morgan fingerprint density at radius 2 is 1.47 bits per heavy atom. The van der Waals surface area contributed by atoms with E-state index < -0.39 is 0 Å². The highest BCUT2D eigenvalue weighted by atomic mass is 16.5. The predicted octanol–water partition coefficient (Wildman–Crippen LogP) is 8.05. The Balaban J connectivity index is 1.28. The molecule has 3 heterocycles. The van der Waals surface area contributed by atoms with Crippen LogP contribution in [-0.2, 0) is 29.3 Å². The molecule has 2 N–H and O–H groups in total. The van der Waals surface area contributed by atoms with Gasteiger partial charge < -0.3 is 24.5 Å². The van der Waals surface area contributed by atoms with Crippen LogP contribution in [0.4, 0.5) is 0 Å². The number of nitrogens with one attached hydrogen (secondary N) is 2. The Morgan fingerprint density at radius 1 is 0.787 bits per heavy atom. The predicted molar refractivity (Wildman–Crippen MR) is 187 cm³/mol. The number of rotatable bonds is 13. The molecule has 0 bridgehead atoms. The summed E-state index contributed by atoms with van der Waals surface area (Å²) in [4.78, 5) is 45.9. The van der Waals surface area contributed by atoms with Crippen molar-refractivity contribution in [3.05, 3.63) is 65.4 Å². The van der Waals surface area contributed by atoms with E-state index in [1.54, 1.807) is 0 Å². The first-order valence-electron chi connectivity index (χ1n) is 17.2. The molecular weight excluding hydrogens is 588 g/mol. The molecular formula is C38H46N6O3. The lowest BCUT2D eigenvalue weighted by Gasteiger charge is -2.22. The summed E-state index contributed by atoms with van der Waals surface area (Å²) >= 11 is 0. The molecule has 0 aliphatic carbocycles. The molecule has 6 rings (SSSR count). The average molecular weight is 635 g/mol. The van der Waals surface area contributed by atoms with Crippen molar-refractivity contribution in [1.29, 1.82) is 0 Å². The van der Waals surface area contributed by atoms with Gasteiger partial charge in [0.15, 0.2) is 0 Å². The number of nitrogens with zero attached hydrogens (tertiary/aromatic N) is 4. The van der Waals surface area contributed by atoms with Crippen molar-refractivity contribution in [2.45, 2.75) is 92.8 Å². The van der Waals surface area contributed by atoms with Crippen molar-refractivity contribution in [3.63, 3.8) is 0 Å². The Morgan fingerprint density at radius 3 is 2.13 bits per heavy atom. The number of hydrogen-bond acceptors (Lipinski definition) is 5. The summed E-state index contributed by atoms with van der Waals surface area (Å²) in [5.41, 5.74) is 8.08. The molecule has 5 aromatic rings. The molecule has 246 valence electrons. The monoisotopic (exact) mass is 634 g/mol. The first-order chi connectivity index (χ1) is 22.8. The second-order valence-electron chi connectivity index (χ2n) is 12.7. The first-order valence-corrected chi connectivity index (χ1v) is 17.2. The summed E-state index contributed by atoms with van der Waals surface area (Å²) in [5.74, 6) is 2.79. The molecule has 0 fully saturated rings. The highest BCUT2D eigenvalue weighted by Crippen LogP contribution is 2.42. The lowest BCUT2D eigenvalue weighted by Crippen LogP contribution is -2.31. The molecule has 0 spiro atoms. The van der Waals surface area contributed by atoms with Crippen LogP contribution >= 0.6 is 0 Å². The van der Waals surface area contributed by atoms with E-state index in [1.807, 2.05) is 30.6 Å². The normalized spacial score (nSPS) is 12.2. The van der Waals surface area contributed by atoms with Gasteiger partial charge in [0, 0.05) is 48.1 Å². The molecule has 0 radical (unpaired) electrons. The molecule has 0 saturated carbocycles. The average Bonchev–Trinajstić information content (AvgIpc) is 3.66. The highest BCUT2D eigenvalue weighted by Gasteiger charge is 2.22. The van der Waals surface area contributed by atoms with E-state index in [0.717, 1.165) is 112 Å². The zero-order chi connectivity index (χ0) is 33.1. The van der Waals surface area contributed by atoms with Gasteiger partial charge in [-0.15, -0.1) is 0 Å². The Hall–Kier alpha value is -4.66. The number of aryl methyl sites for hydroxylation is 1. The van der Waals surface area contributed by atoms with E-state index in [1.165, 1.54) is 0 Å². The molecule has 9 heteroatoms. The fraction of sp³-hybridized carbons (Fsp3) is 0.421. The van der Waals surface area contributed by atoms with Crippen LogP contribution in [0.3, 0.4) is 0 Å². The van der Waals surface area contributed by atoms with Gasteiger partial charge >= 0.3 is 0 Å². The Labute approximate surface area is 276 Å². The van der Waals surface area contributed by atoms with Crippen LogP contribution in [0.15, 0.2) is 42.5 Å². The quantitative estimate of drug-likeness (QED) is 0.136. The summed E-state index contributed by atoms with van der Waals surface area (Å²) in [5, 5.41) is 2.12. The molecule has 9 nitrogen and oxygen atoms in total. The maximum Gasteiger partial charge on any atom is 0.222 e. The van der Waals surface area contributed by atoms with Crippen molar-refractivity contribution < 1.29 is 14.3 Å². The SMILES string of the molecule is CCCC(=O)N(CCC)Cc1nc(-c2ccc3c(c2)COc2cc4c(ccc5[nH]c(CN(CCC)C(=O)CCC)nc54)cc2-3)c(C)[nH]1. The second kappa shape index (κ2) is 14.0. The van der Waals surface area contributed by atoms with E-state index in [2.05, 4.69) is 66.3 Å². The Kier molecular flexibility index (Phi) is 9.61. The number of carbonyl (C=O) groups excluding carboxylic acids is 2. The van der Waals surface area contributed by atoms with Crippen molar-refractivity contribution in [2.75, 3.05) is 13.1 Å². The van der Waals surface area contributed by atoms with Crippen LogP contribution in [0.1, 0.15) is 89.1 Å². The van der Waals surface area contributed by atoms with Crippen LogP contribution in [0.5, 0.6) is 5.75 Å². The zero-order valence-corrected chi connectivity index (χ0v) is 28.3. The van der Waals surface area contributed by atoms with E-state index >= 15 is 0 Å². The summed E-state index contributed by atoms with van der Waals surface area (Å²) in [6.07, 6.45) is 4.61. The third kappa shape index (κ3) is 6.62. The summed E-state index contributed by atoms with van der Waals surface area (Å²) in [7, 11) is 0. The largest absolute Gasteiger partial charge is 0.488 e. The van der Waals surface area contributed by atoms with Gasteiger partial charge in [0.25, 0.3) is 0 Å². The molecule has 0 unspecified atom stereocenters. The van der Waals surface area contributed by atoms with Crippen LogP contribution < -0.4 is 4.74 Å². The van der Waals surface area contributed by atoms with Gasteiger partial charge in [-0.2, -0.15) is 0 Å². The fourth-order valence-electron chi connectivity index (χ4n) is 6.67. The van der Waals surface area contributed by atoms with Gasteiger partial charge in [0.05, 0.1) is 29.8 Å². The molecule has 2 amide bonds. The van der Waals surface area contributed by atoms with Gasteiger partial charge in [-0.1, -0.05) is 45.9 Å². The van der Waals surface area contributed by atoms with Gasteiger partial charge in [-0.25, -0.2) is 9.97 Å². The first kappa shape index (κ1) is 32.3. The number of H-pyrrole nitrogens is 2. The van der Waals surface area contributed by atoms with Crippen LogP contribution in [-0.4, -0.2) is 54.6 Å². The van der Waals surface area contributed by atoms with Crippen LogP contribution in [0.2, 0.25) is 0 Å². The lowest BCUT2D eigenvalue weighted by atomic mass is 9.92. The minimum Gasteiger partial charge on any atom is -0.488 e. The number of aromatic nitrogens is 4. The van der Waals surface area contributed by atoms with Crippen molar-refractivity contribution in [1.82, 2.24) is 29.7 Å². The number of aromatic amines is 2. The number of hydrogen-bond donors (Lipinski definition) is 2. The van der Waals surface area contributed by atoms with E-state index in [4.69, 9.17) is 14.7 Å². The summed E-state index contributed by atoms with van der Waals surface area (Å²) < 4.78 is 6.36. The van der Waals surface area contributed by atoms with Gasteiger partial charge in [0.2, 0.25) is 11.8 Å². The van der Waals surface area contributed by atoms with E-state index in [0.29, 0.717) is 32.5 Å². The molecule has 2 aromatic heterocycles. The zero-order valence-electron chi connectivity index (χ0n) is 28.3. The standard InChI is InChI=1S/C38H46N6O3/c1-6-10-35(45)43(16-8-3)21-33-39-24(5)37(41-33)26-12-14-28-27(18-26)23-47-32-20-29-25(19-30(28)32)13-15-31-38(29)42-34(40-31)22-44(17-9-4)36(46)11-7-2/h12-15,18-20H,6-11,16-17,21-23H2,1-5H3,(H,39,41)(H,40,42). The molecule has 3 aromatic carbocycles. The van der Waals surface area contributed by atoms with Gasteiger partial charge in [-0.05, 0) is 73.4 Å². The number of imidazole rings is 2. The van der Waals surface area contributed by atoms with E-state index in [9.17, 15) is 9.59 Å². The summed E-state index contributed by atoms with van der Waals surface area (Å²) in [6, 6.07) is 15.0. The van der Waals surface area contributed by atoms with Crippen molar-refractivity contribution in [3.8, 4) is 28.1 Å². The van der Waals surface area contributed by atoms with Crippen LogP contribution in [0.25, 0.3) is 44.2 Å². The lowest BCUT2D eigenvalue weighted by molar-refractivity contribution is -0.132. The number of fused-ring (bicyclic) bond motifs is 6.